The number of benzene rings is 2. The summed E-state index contributed by atoms with van der Waals surface area (Å²) in [6.45, 7) is 2.72. The summed E-state index contributed by atoms with van der Waals surface area (Å²) in [5.41, 5.74) is 3.68. The summed E-state index contributed by atoms with van der Waals surface area (Å²) in [5, 5.41) is 0. The lowest BCUT2D eigenvalue weighted by atomic mass is 9.81. The molecule has 0 amide bonds. The van der Waals surface area contributed by atoms with Gasteiger partial charge in [-0.1, -0.05) is 12.1 Å². The number of hydrogen-bond acceptors (Lipinski definition) is 6. The van der Waals surface area contributed by atoms with Gasteiger partial charge in [-0.3, -0.25) is 9.59 Å². The zero-order valence-electron chi connectivity index (χ0n) is 13.1. The van der Waals surface area contributed by atoms with Gasteiger partial charge in [-0.15, -0.1) is 0 Å². The van der Waals surface area contributed by atoms with Crippen molar-refractivity contribution in [2.75, 3.05) is 0 Å². The zero-order valence-corrected chi connectivity index (χ0v) is 13.1. The van der Waals surface area contributed by atoms with Gasteiger partial charge in [0.15, 0.2) is 0 Å². The van der Waals surface area contributed by atoms with Crippen molar-refractivity contribution in [3.05, 3.63) is 58.7 Å². The molecule has 5 rings (SSSR count). The van der Waals surface area contributed by atoms with Gasteiger partial charge >= 0.3 is 11.9 Å². The molecule has 6 heteroatoms. The monoisotopic (exact) mass is 326 g/mol. The number of esters is 2. The molecule has 2 heterocycles. The largest absolute Gasteiger partial charge is 0.427 e. The first-order valence-corrected chi connectivity index (χ1v) is 7.49. The van der Waals surface area contributed by atoms with E-state index < -0.39 is 12.2 Å². The van der Waals surface area contributed by atoms with Crippen LogP contribution in [0, 0.1) is 0 Å². The highest BCUT2D eigenvalue weighted by molar-refractivity contribution is 5.70. The smallest absolute Gasteiger partial charge is 0.308 e. The number of fused-ring (bicyclic) bond motifs is 1. The van der Waals surface area contributed by atoms with Crippen molar-refractivity contribution in [2.45, 2.75) is 26.1 Å². The fourth-order valence-electron chi connectivity index (χ4n) is 3.15. The SMILES string of the molecule is CC(=O)Oc1ccc2c(c1)[C@@H]1OO[C@H]2c2cc(OC(C)=O)ccc21. The summed E-state index contributed by atoms with van der Waals surface area (Å²) in [6.07, 6.45) is -0.830. The van der Waals surface area contributed by atoms with E-state index in [0.29, 0.717) is 11.5 Å². The Hall–Kier alpha value is -2.70. The predicted molar refractivity (Wildman–Crippen MR) is 81.4 cm³/mol. The lowest BCUT2D eigenvalue weighted by Crippen LogP contribution is -2.28. The minimum atomic E-state index is -0.415. The van der Waals surface area contributed by atoms with Gasteiger partial charge in [-0.05, 0) is 46.5 Å². The third-order valence-corrected chi connectivity index (χ3v) is 4.02. The standard InChI is InChI=1S/C18H14O6/c1-9(19)21-11-3-5-13-15(7-11)17-14-6-4-12(22-10(2)20)8-16(14)18(13)24-23-17/h3-8,17-18H,1-2H3/t17-,18-/m1/s1. The molecular weight excluding hydrogens is 312 g/mol. The fourth-order valence-corrected chi connectivity index (χ4v) is 3.15. The molecule has 3 aliphatic rings. The van der Waals surface area contributed by atoms with Crippen LogP contribution in [0.25, 0.3) is 0 Å². The van der Waals surface area contributed by atoms with Crippen molar-refractivity contribution in [1.29, 1.82) is 0 Å². The Morgan fingerprint density at radius 2 is 1.17 bits per heavy atom. The highest BCUT2D eigenvalue weighted by Crippen LogP contribution is 2.51. The lowest BCUT2D eigenvalue weighted by molar-refractivity contribution is -0.360. The van der Waals surface area contributed by atoms with Crippen LogP contribution in [0.15, 0.2) is 36.4 Å². The van der Waals surface area contributed by atoms with Crippen LogP contribution in [0.2, 0.25) is 0 Å². The summed E-state index contributed by atoms with van der Waals surface area (Å²) in [7, 11) is 0. The van der Waals surface area contributed by atoms with Crippen molar-refractivity contribution < 1.29 is 28.8 Å². The summed E-state index contributed by atoms with van der Waals surface area (Å²) in [6, 6.07) is 10.7. The van der Waals surface area contributed by atoms with Crippen molar-refractivity contribution in [3.63, 3.8) is 0 Å². The van der Waals surface area contributed by atoms with E-state index in [2.05, 4.69) is 0 Å². The van der Waals surface area contributed by atoms with Crippen molar-refractivity contribution in [3.8, 4) is 11.5 Å². The van der Waals surface area contributed by atoms with Gasteiger partial charge in [0.1, 0.15) is 23.7 Å². The van der Waals surface area contributed by atoms with Gasteiger partial charge in [0.25, 0.3) is 0 Å². The Kier molecular flexibility index (Phi) is 3.37. The number of hydrogen-bond donors (Lipinski definition) is 0. The summed E-state index contributed by atoms with van der Waals surface area (Å²) < 4.78 is 10.3. The Bertz CT molecular complexity index is 785. The molecule has 24 heavy (non-hydrogen) atoms. The molecule has 0 radical (unpaired) electrons. The van der Waals surface area contributed by atoms with Gasteiger partial charge < -0.3 is 9.47 Å². The normalized spacial score (nSPS) is 20.1. The average molecular weight is 326 g/mol. The predicted octanol–water partition coefficient (Wildman–Crippen LogP) is 2.99. The molecule has 0 saturated heterocycles. The molecule has 6 nitrogen and oxygen atoms in total. The van der Waals surface area contributed by atoms with Crippen LogP contribution < -0.4 is 9.47 Å². The number of ether oxygens (including phenoxy) is 2. The van der Waals surface area contributed by atoms with Crippen molar-refractivity contribution >= 4 is 11.9 Å². The maximum absolute atomic E-state index is 11.1. The van der Waals surface area contributed by atoms with Crippen molar-refractivity contribution in [1.82, 2.24) is 0 Å². The first-order chi connectivity index (χ1) is 11.5. The second kappa shape index (κ2) is 5.43. The molecule has 122 valence electrons. The van der Waals surface area contributed by atoms with Crippen LogP contribution in [-0.2, 0) is 19.4 Å². The van der Waals surface area contributed by atoms with Gasteiger partial charge in [-0.2, -0.15) is 0 Å². The van der Waals surface area contributed by atoms with Crippen LogP contribution in [-0.4, -0.2) is 11.9 Å². The zero-order chi connectivity index (χ0) is 16.8. The number of carbonyl (C=O) groups is 2. The van der Waals surface area contributed by atoms with E-state index in [-0.39, 0.29) is 11.9 Å². The molecule has 2 atom stereocenters. The molecule has 0 saturated carbocycles. The lowest BCUT2D eigenvalue weighted by Gasteiger charge is -2.38. The highest BCUT2D eigenvalue weighted by atomic mass is 17.2. The molecule has 0 N–H and O–H groups in total. The molecule has 0 unspecified atom stereocenters. The van der Waals surface area contributed by atoms with Gasteiger partial charge in [-0.25, -0.2) is 9.78 Å². The summed E-state index contributed by atoms with van der Waals surface area (Å²) in [4.78, 5) is 33.2. The maximum atomic E-state index is 11.1. The van der Waals surface area contributed by atoms with E-state index in [1.54, 1.807) is 24.3 Å². The quantitative estimate of drug-likeness (QED) is 0.480. The van der Waals surface area contributed by atoms with E-state index in [1.165, 1.54) is 13.8 Å². The van der Waals surface area contributed by atoms with Gasteiger partial charge in [0.2, 0.25) is 0 Å². The highest BCUT2D eigenvalue weighted by Gasteiger charge is 2.40. The maximum Gasteiger partial charge on any atom is 0.308 e. The van der Waals surface area contributed by atoms with E-state index >= 15 is 0 Å². The van der Waals surface area contributed by atoms with Crippen LogP contribution >= 0.6 is 0 Å². The second-order valence-corrected chi connectivity index (χ2v) is 5.72. The molecular formula is C18H14O6. The van der Waals surface area contributed by atoms with Crippen LogP contribution in [0.1, 0.15) is 48.3 Å². The van der Waals surface area contributed by atoms with E-state index in [0.717, 1.165) is 22.3 Å². The van der Waals surface area contributed by atoms with E-state index in [4.69, 9.17) is 19.2 Å². The molecule has 0 fully saturated rings. The fraction of sp³-hybridized carbons (Fsp3) is 0.222. The Morgan fingerprint density at radius 3 is 1.54 bits per heavy atom. The van der Waals surface area contributed by atoms with Crippen molar-refractivity contribution in [2.24, 2.45) is 0 Å². The molecule has 2 bridgehead atoms. The van der Waals surface area contributed by atoms with Gasteiger partial charge in [0, 0.05) is 13.8 Å². The molecule has 2 aliphatic heterocycles. The van der Waals surface area contributed by atoms with Crippen LogP contribution in [0.4, 0.5) is 0 Å². The first-order valence-electron chi connectivity index (χ1n) is 7.49. The Labute approximate surface area is 137 Å². The number of carbonyl (C=O) groups excluding carboxylic acids is 2. The Balaban J connectivity index is 1.76. The topological polar surface area (TPSA) is 71.1 Å². The summed E-state index contributed by atoms with van der Waals surface area (Å²) >= 11 is 0. The van der Waals surface area contributed by atoms with Crippen LogP contribution in [0.3, 0.4) is 0 Å². The minimum Gasteiger partial charge on any atom is -0.427 e. The Morgan fingerprint density at radius 1 is 0.750 bits per heavy atom. The molecule has 2 aromatic carbocycles. The summed E-state index contributed by atoms with van der Waals surface area (Å²) in [5.74, 6) is 0.185. The first kappa shape index (κ1) is 14.9. The van der Waals surface area contributed by atoms with E-state index in [1.807, 2.05) is 12.1 Å². The third-order valence-electron chi connectivity index (χ3n) is 4.02. The second-order valence-electron chi connectivity index (χ2n) is 5.72. The van der Waals surface area contributed by atoms with Crippen LogP contribution in [0.5, 0.6) is 11.5 Å². The third kappa shape index (κ3) is 2.36. The van der Waals surface area contributed by atoms with E-state index in [9.17, 15) is 9.59 Å². The average Bonchev–Trinajstić information content (AvgIpc) is 2.54. The molecule has 1 aliphatic carbocycles. The molecule has 0 spiro atoms. The van der Waals surface area contributed by atoms with Gasteiger partial charge in [0.05, 0.1) is 0 Å². The molecule has 2 aromatic rings. The minimum absolute atomic E-state index is 0.375. The molecule has 0 aromatic heterocycles. The number of rotatable bonds is 2.